The highest BCUT2D eigenvalue weighted by molar-refractivity contribution is 7.92. The zero-order valence-electron chi connectivity index (χ0n) is 16.9. The molecule has 0 amide bonds. The van der Waals surface area contributed by atoms with E-state index in [-0.39, 0.29) is 17.0 Å². The van der Waals surface area contributed by atoms with E-state index in [2.05, 4.69) is 4.98 Å². The molecule has 158 valence electrons. The first-order chi connectivity index (χ1) is 14.1. The summed E-state index contributed by atoms with van der Waals surface area (Å²) in [5.41, 5.74) is 1.95. The monoisotopic (exact) mass is 464 g/mol. The van der Waals surface area contributed by atoms with Crippen LogP contribution < -0.4 is 4.31 Å². The molecule has 1 N–H and O–H groups in total. The van der Waals surface area contributed by atoms with Crippen LogP contribution in [0.4, 0.5) is 5.82 Å². The van der Waals surface area contributed by atoms with Gasteiger partial charge in [0.1, 0.15) is 5.01 Å². The molecule has 30 heavy (non-hydrogen) atoms. The Labute approximate surface area is 184 Å². The quantitative estimate of drug-likeness (QED) is 0.534. The molecule has 0 saturated carbocycles. The number of thiazole rings is 1. The average molecular weight is 465 g/mol. The number of hydrogen-bond acceptors (Lipinski definition) is 5. The molecule has 0 saturated heterocycles. The van der Waals surface area contributed by atoms with Crippen LogP contribution >= 0.6 is 22.9 Å². The largest absolute Gasteiger partial charge is 0.478 e. The molecule has 0 atom stereocenters. The minimum Gasteiger partial charge on any atom is -0.478 e. The standard InChI is InChI=1S/C21H21ClN2O4S2/c1-5-24(19-14(4)29-20(23-19)15-6-8-16(22)9-7-15)30(27,28)17-10-12(2)13(3)18(11-17)21(25)26/h6-11H,5H2,1-4H3,(H,25,26). The predicted molar refractivity (Wildman–Crippen MR) is 120 cm³/mol. The van der Waals surface area contributed by atoms with Crippen molar-refractivity contribution in [1.82, 2.24) is 4.98 Å². The molecule has 3 aromatic rings. The van der Waals surface area contributed by atoms with Crippen molar-refractivity contribution in [3.63, 3.8) is 0 Å². The van der Waals surface area contributed by atoms with Gasteiger partial charge in [-0.1, -0.05) is 23.7 Å². The van der Waals surface area contributed by atoms with Gasteiger partial charge in [-0.15, -0.1) is 11.3 Å². The Hall–Kier alpha value is -2.42. The van der Waals surface area contributed by atoms with E-state index >= 15 is 0 Å². The first-order valence-corrected chi connectivity index (χ1v) is 11.8. The maximum Gasteiger partial charge on any atom is 0.336 e. The van der Waals surface area contributed by atoms with Crippen LogP contribution in [0.5, 0.6) is 0 Å². The first-order valence-electron chi connectivity index (χ1n) is 9.17. The second kappa shape index (κ2) is 8.37. The Morgan fingerprint density at radius 3 is 2.37 bits per heavy atom. The zero-order chi connectivity index (χ0) is 22.2. The summed E-state index contributed by atoms with van der Waals surface area (Å²) in [7, 11) is -4.00. The van der Waals surface area contributed by atoms with E-state index in [0.29, 0.717) is 27.0 Å². The number of sulfonamides is 1. The molecule has 3 rings (SSSR count). The summed E-state index contributed by atoms with van der Waals surface area (Å²) < 4.78 is 28.1. The van der Waals surface area contributed by atoms with Gasteiger partial charge in [-0.2, -0.15) is 0 Å². The van der Waals surface area contributed by atoms with E-state index in [4.69, 9.17) is 11.6 Å². The second-order valence-corrected chi connectivity index (χ2v) is 10.3. The number of nitrogens with zero attached hydrogens (tertiary/aromatic N) is 2. The second-order valence-electron chi connectivity index (χ2n) is 6.79. The number of carbonyl (C=O) groups is 1. The van der Waals surface area contributed by atoms with Crippen molar-refractivity contribution in [2.45, 2.75) is 32.6 Å². The maximum absolute atomic E-state index is 13.4. The molecule has 0 aliphatic heterocycles. The van der Waals surface area contributed by atoms with Gasteiger partial charge in [0, 0.05) is 22.0 Å². The van der Waals surface area contributed by atoms with Gasteiger partial charge in [-0.05, 0) is 63.1 Å². The summed E-state index contributed by atoms with van der Waals surface area (Å²) in [6.45, 7) is 7.05. The third-order valence-corrected chi connectivity index (χ3v) is 7.95. The molecule has 0 radical (unpaired) electrons. The predicted octanol–water partition coefficient (Wildman–Crippen LogP) is 5.30. The van der Waals surface area contributed by atoms with Crippen molar-refractivity contribution in [1.29, 1.82) is 0 Å². The fraction of sp³-hybridized carbons (Fsp3) is 0.238. The van der Waals surface area contributed by atoms with Gasteiger partial charge < -0.3 is 5.11 Å². The maximum atomic E-state index is 13.4. The van der Waals surface area contributed by atoms with Crippen LogP contribution in [0.25, 0.3) is 10.6 Å². The van der Waals surface area contributed by atoms with Crippen LogP contribution in [-0.4, -0.2) is 31.0 Å². The number of anilines is 1. The summed E-state index contributed by atoms with van der Waals surface area (Å²) >= 11 is 7.34. The highest BCUT2D eigenvalue weighted by atomic mass is 35.5. The summed E-state index contributed by atoms with van der Waals surface area (Å²) in [5, 5.41) is 10.7. The van der Waals surface area contributed by atoms with Crippen LogP contribution in [0.15, 0.2) is 41.3 Å². The number of carboxylic acids is 1. The molecule has 0 aliphatic rings. The van der Waals surface area contributed by atoms with Gasteiger partial charge in [0.25, 0.3) is 10.0 Å². The SMILES string of the molecule is CCN(c1nc(-c2ccc(Cl)cc2)sc1C)S(=O)(=O)c1cc(C)c(C)c(C(=O)O)c1. The van der Waals surface area contributed by atoms with Crippen LogP contribution in [0.3, 0.4) is 0 Å². The number of carboxylic acid groups (broad SMARTS) is 1. The minimum atomic E-state index is -4.00. The van der Waals surface area contributed by atoms with Crippen LogP contribution in [-0.2, 0) is 10.0 Å². The van der Waals surface area contributed by atoms with E-state index in [1.54, 1.807) is 32.9 Å². The smallest absolute Gasteiger partial charge is 0.336 e. The topological polar surface area (TPSA) is 87.6 Å². The molecule has 2 aromatic carbocycles. The van der Waals surface area contributed by atoms with E-state index in [1.165, 1.54) is 27.8 Å². The molecule has 0 fully saturated rings. The van der Waals surface area contributed by atoms with E-state index < -0.39 is 16.0 Å². The highest BCUT2D eigenvalue weighted by Gasteiger charge is 2.29. The molecule has 0 spiro atoms. The number of aromatic carboxylic acids is 1. The molecule has 0 unspecified atom stereocenters. The van der Waals surface area contributed by atoms with Gasteiger partial charge in [0.2, 0.25) is 0 Å². The summed E-state index contributed by atoms with van der Waals surface area (Å²) in [6, 6.07) is 9.88. The van der Waals surface area contributed by atoms with Crippen molar-refractivity contribution in [2.75, 3.05) is 10.8 Å². The molecular formula is C21H21ClN2O4S2. The molecule has 6 nitrogen and oxygen atoms in total. The number of rotatable bonds is 6. The van der Waals surface area contributed by atoms with Gasteiger partial charge in [0.05, 0.1) is 10.5 Å². The first kappa shape index (κ1) is 22.3. The van der Waals surface area contributed by atoms with Crippen molar-refractivity contribution in [3.8, 4) is 10.6 Å². The molecule has 1 heterocycles. The third-order valence-electron chi connectivity index (χ3n) is 4.85. The van der Waals surface area contributed by atoms with Crippen LogP contribution in [0, 0.1) is 20.8 Å². The Kier molecular flexibility index (Phi) is 6.21. The molecule has 0 bridgehead atoms. The normalized spacial score (nSPS) is 11.5. The number of aromatic nitrogens is 1. The van der Waals surface area contributed by atoms with Crippen molar-refractivity contribution in [2.24, 2.45) is 0 Å². The lowest BCUT2D eigenvalue weighted by molar-refractivity contribution is 0.0695. The lowest BCUT2D eigenvalue weighted by Gasteiger charge is -2.22. The average Bonchev–Trinajstić information content (AvgIpc) is 3.05. The zero-order valence-corrected chi connectivity index (χ0v) is 19.3. The summed E-state index contributed by atoms with van der Waals surface area (Å²) in [6.07, 6.45) is 0. The fourth-order valence-electron chi connectivity index (χ4n) is 3.09. The lowest BCUT2D eigenvalue weighted by Crippen LogP contribution is -2.32. The molecule has 9 heteroatoms. The Morgan fingerprint density at radius 1 is 1.17 bits per heavy atom. The van der Waals surface area contributed by atoms with Gasteiger partial charge in [-0.25, -0.2) is 22.5 Å². The number of benzene rings is 2. The number of hydrogen-bond donors (Lipinski definition) is 1. The van der Waals surface area contributed by atoms with Gasteiger partial charge >= 0.3 is 5.97 Å². The van der Waals surface area contributed by atoms with E-state index in [9.17, 15) is 18.3 Å². The van der Waals surface area contributed by atoms with Crippen molar-refractivity contribution < 1.29 is 18.3 Å². The van der Waals surface area contributed by atoms with E-state index in [1.807, 2.05) is 19.1 Å². The number of halogens is 1. The van der Waals surface area contributed by atoms with Crippen molar-refractivity contribution in [3.05, 3.63) is 63.0 Å². The van der Waals surface area contributed by atoms with Crippen LogP contribution in [0.1, 0.15) is 33.3 Å². The Bertz CT molecular complexity index is 1220. The lowest BCUT2D eigenvalue weighted by atomic mass is 10.0. The Balaban J connectivity index is 2.10. The summed E-state index contributed by atoms with van der Waals surface area (Å²) in [4.78, 5) is 16.8. The summed E-state index contributed by atoms with van der Waals surface area (Å²) in [5.74, 6) is -0.826. The van der Waals surface area contributed by atoms with Crippen LogP contribution in [0.2, 0.25) is 5.02 Å². The van der Waals surface area contributed by atoms with Gasteiger partial charge in [0.15, 0.2) is 5.82 Å². The Morgan fingerprint density at radius 2 is 1.80 bits per heavy atom. The molecular weight excluding hydrogens is 444 g/mol. The number of aryl methyl sites for hydroxylation is 2. The minimum absolute atomic E-state index is 0.0264. The third kappa shape index (κ3) is 4.08. The highest BCUT2D eigenvalue weighted by Crippen LogP contribution is 2.35. The fourth-order valence-corrected chi connectivity index (χ4v) is 5.79. The van der Waals surface area contributed by atoms with Crippen molar-refractivity contribution >= 4 is 44.7 Å². The molecule has 1 aromatic heterocycles. The van der Waals surface area contributed by atoms with Gasteiger partial charge in [-0.3, -0.25) is 0 Å². The molecule has 0 aliphatic carbocycles. The van der Waals surface area contributed by atoms with E-state index in [0.717, 1.165) is 10.4 Å².